The molecule has 0 aromatic carbocycles. The summed E-state index contributed by atoms with van der Waals surface area (Å²) in [6.45, 7) is 0.204. The van der Waals surface area contributed by atoms with Gasteiger partial charge in [0.05, 0.1) is 0 Å². The highest BCUT2D eigenvalue weighted by Crippen LogP contribution is 2.18. The maximum Gasteiger partial charge on any atom is 0.230 e. The molecule has 1 fully saturated rings. The van der Waals surface area contributed by atoms with Crippen LogP contribution in [0.4, 0.5) is 0 Å². The molecule has 1 atom stereocenters. The number of aliphatic hydroxyl groups excluding tert-OH is 1. The summed E-state index contributed by atoms with van der Waals surface area (Å²) in [5.74, 6) is -0.405. The van der Waals surface area contributed by atoms with Crippen molar-refractivity contribution in [3.63, 3.8) is 0 Å². The molecular weight excluding hydrogens is 170 g/mol. The van der Waals surface area contributed by atoms with Gasteiger partial charge in [0.15, 0.2) is 0 Å². The Morgan fingerprint density at radius 3 is 2.62 bits per heavy atom. The molecule has 0 aliphatic carbocycles. The second-order valence-electron chi connectivity index (χ2n) is 3.39. The number of carbonyl (C=O) groups excluding carboxylic acids is 2. The summed E-state index contributed by atoms with van der Waals surface area (Å²) in [6, 6.07) is 0. The lowest BCUT2D eigenvalue weighted by atomic mass is 10.00. The number of imide groups is 1. The van der Waals surface area contributed by atoms with Crippen LogP contribution in [0.25, 0.3) is 0 Å². The number of hydrogen-bond acceptors (Lipinski definition) is 3. The Balaban J connectivity index is 2.14. The van der Waals surface area contributed by atoms with E-state index in [2.05, 4.69) is 5.32 Å². The standard InChI is InChI=1S/C9H15NO3/c11-5-3-1-2-4-7-6-8(12)10-9(7)13/h7,11H,1-6H2,(H,10,12,13). The van der Waals surface area contributed by atoms with Crippen molar-refractivity contribution >= 4 is 11.8 Å². The van der Waals surface area contributed by atoms with E-state index in [9.17, 15) is 9.59 Å². The van der Waals surface area contributed by atoms with Crippen molar-refractivity contribution in [2.24, 2.45) is 5.92 Å². The Labute approximate surface area is 77.3 Å². The molecule has 13 heavy (non-hydrogen) atoms. The summed E-state index contributed by atoms with van der Waals surface area (Å²) >= 11 is 0. The monoisotopic (exact) mass is 185 g/mol. The second-order valence-corrected chi connectivity index (χ2v) is 3.39. The average molecular weight is 185 g/mol. The van der Waals surface area contributed by atoms with Gasteiger partial charge in [-0.25, -0.2) is 0 Å². The fourth-order valence-corrected chi connectivity index (χ4v) is 1.52. The van der Waals surface area contributed by atoms with Gasteiger partial charge in [0.1, 0.15) is 0 Å². The highest BCUT2D eigenvalue weighted by Gasteiger charge is 2.29. The third kappa shape index (κ3) is 3.14. The molecule has 2 amide bonds. The number of amides is 2. The molecule has 1 saturated heterocycles. The lowest BCUT2D eigenvalue weighted by Crippen LogP contribution is -2.21. The van der Waals surface area contributed by atoms with E-state index in [0.29, 0.717) is 6.42 Å². The zero-order chi connectivity index (χ0) is 9.68. The van der Waals surface area contributed by atoms with E-state index in [-0.39, 0.29) is 24.3 Å². The van der Waals surface area contributed by atoms with Crippen molar-refractivity contribution < 1.29 is 14.7 Å². The van der Waals surface area contributed by atoms with Crippen molar-refractivity contribution in [1.82, 2.24) is 5.32 Å². The summed E-state index contributed by atoms with van der Waals surface area (Å²) in [5.41, 5.74) is 0. The maximum atomic E-state index is 11.1. The van der Waals surface area contributed by atoms with E-state index in [1.165, 1.54) is 0 Å². The first-order chi connectivity index (χ1) is 6.24. The Morgan fingerprint density at radius 1 is 1.31 bits per heavy atom. The molecule has 0 aromatic rings. The van der Waals surface area contributed by atoms with Gasteiger partial charge in [-0.2, -0.15) is 0 Å². The first-order valence-electron chi connectivity index (χ1n) is 4.68. The van der Waals surface area contributed by atoms with E-state index in [1.807, 2.05) is 0 Å². The molecule has 4 nitrogen and oxygen atoms in total. The van der Waals surface area contributed by atoms with Crippen LogP contribution in [0.2, 0.25) is 0 Å². The third-order valence-corrected chi connectivity index (χ3v) is 2.28. The van der Waals surface area contributed by atoms with Crippen molar-refractivity contribution in [2.75, 3.05) is 6.61 Å². The fourth-order valence-electron chi connectivity index (χ4n) is 1.52. The van der Waals surface area contributed by atoms with E-state index in [0.717, 1.165) is 25.7 Å². The molecule has 1 heterocycles. The van der Waals surface area contributed by atoms with Gasteiger partial charge in [-0.15, -0.1) is 0 Å². The molecule has 1 aliphatic heterocycles. The van der Waals surface area contributed by atoms with Gasteiger partial charge in [0, 0.05) is 18.9 Å². The van der Waals surface area contributed by atoms with Crippen LogP contribution < -0.4 is 5.32 Å². The predicted octanol–water partition coefficient (Wildman–Crippen LogP) is 0.202. The average Bonchev–Trinajstić information content (AvgIpc) is 2.39. The largest absolute Gasteiger partial charge is 0.396 e. The van der Waals surface area contributed by atoms with Gasteiger partial charge in [0.25, 0.3) is 0 Å². The molecule has 0 saturated carbocycles. The van der Waals surface area contributed by atoms with E-state index < -0.39 is 0 Å². The first kappa shape index (κ1) is 10.2. The van der Waals surface area contributed by atoms with Gasteiger partial charge in [-0.1, -0.05) is 12.8 Å². The fraction of sp³-hybridized carbons (Fsp3) is 0.778. The Bertz CT molecular complexity index is 203. The molecule has 0 aromatic heterocycles. The molecule has 0 spiro atoms. The van der Waals surface area contributed by atoms with Crippen LogP contribution in [-0.2, 0) is 9.59 Å². The maximum absolute atomic E-state index is 11.1. The number of hydrogen-bond donors (Lipinski definition) is 2. The van der Waals surface area contributed by atoms with Crippen LogP contribution in [0.15, 0.2) is 0 Å². The van der Waals surface area contributed by atoms with Crippen molar-refractivity contribution in [1.29, 1.82) is 0 Å². The van der Waals surface area contributed by atoms with Gasteiger partial charge in [-0.3, -0.25) is 14.9 Å². The normalized spacial score (nSPS) is 22.1. The Hall–Kier alpha value is -0.900. The van der Waals surface area contributed by atoms with Crippen LogP contribution in [0.3, 0.4) is 0 Å². The number of carbonyl (C=O) groups is 2. The molecule has 1 aliphatic rings. The van der Waals surface area contributed by atoms with E-state index in [1.54, 1.807) is 0 Å². The Kier molecular flexibility index (Phi) is 3.89. The van der Waals surface area contributed by atoms with E-state index >= 15 is 0 Å². The van der Waals surface area contributed by atoms with E-state index in [4.69, 9.17) is 5.11 Å². The molecule has 1 unspecified atom stereocenters. The molecule has 1 rings (SSSR count). The number of unbranched alkanes of at least 4 members (excludes halogenated alkanes) is 2. The van der Waals surface area contributed by atoms with Crippen LogP contribution in [0, 0.1) is 5.92 Å². The van der Waals surface area contributed by atoms with Gasteiger partial charge >= 0.3 is 0 Å². The second kappa shape index (κ2) is 4.97. The first-order valence-corrected chi connectivity index (χ1v) is 4.68. The summed E-state index contributed by atoms with van der Waals surface area (Å²) < 4.78 is 0. The van der Waals surface area contributed by atoms with Crippen LogP contribution in [-0.4, -0.2) is 23.5 Å². The Morgan fingerprint density at radius 2 is 2.08 bits per heavy atom. The molecule has 0 bridgehead atoms. The number of rotatable bonds is 5. The van der Waals surface area contributed by atoms with Gasteiger partial charge < -0.3 is 5.11 Å². The quantitative estimate of drug-likeness (QED) is 0.475. The van der Waals surface area contributed by atoms with Gasteiger partial charge in [0.2, 0.25) is 11.8 Å². The summed E-state index contributed by atoms with van der Waals surface area (Å²) in [5, 5.41) is 10.8. The molecular formula is C9H15NO3. The van der Waals surface area contributed by atoms with Crippen LogP contribution in [0.5, 0.6) is 0 Å². The minimum Gasteiger partial charge on any atom is -0.396 e. The predicted molar refractivity (Wildman–Crippen MR) is 46.8 cm³/mol. The van der Waals surface area contributed by atoms with Crippen molar-refractivity contribution in [3.05, 3.63) is 0 Å². The topological polar surface area (TPSA) is 66.4 Å². The number of nitrogens with one attached hydrogen (secondary N) is 1. The van der Waals surface area contributed by atoms with Crippen molar-refractivity contribution in [3.8, 4) is 0 Å². The third-order valence-electron chi connectivity index (χ3n) is 2.28. The molecule has 0 radical (unpaired) electrons. The molecule has 2 N–H and O–H groups in total. The minimum absolute atomic E-state index is 0.119. The summed E-state index contributed by atoms with van der Waals surface area (Å²) in [6.07, 6.45) is 3.72. The smallest absolute Gasteiger partial charge is 0.230 e. The lowest BCUT2D eigenvalue weighted by molar-refractivity contribution is -0.125. The lowest BCUT2D eigenvalue weighted by Gasteiger charge is -2.03. The van der Waals surface area contributed by atoms with Crippen LogP contribution >= 0.6 is 0 Å². The highest BCUT2D eigenvalue weighted by atomic mass is 16.3. The van der Waals surface area contributed by atoms with Gasteiger partial charge in [-0.05, 0) is 12.8 Å². The highest BCUT2D eigenvalue weighted by molar-refractivity contribution is 6.03. The summed E-state index contributed by atoms with van der Waals surface area (Å²) in [4.78, 5) is 21.8. The zero-order valence-corrected chi connectivity index (χ0v) is 7.58. The number of aliphatic hydroxyl groups is 1. The van der Waals surface area contributed by atoms with Crippen molar-refractivity contribution in [2.45, 2.75) is 32.1 Å². The minimum atomic E-state index is -0.155. The van der Waals surface area contributed by atoms with Crippen LogP contribution in [0.1, 0.15) is 32.1 Å². The zero-order valence-electron chi connectivity index (χ0n) is 7.58. The summed E-state index contributed by atoms with van der Waals surface area (Å²) in [7, 11) is 0. The molecule has 74 valence electrons. The SMILES string of the molecule is O=C1CC(CCCCCO)C(=O)N1. The molecule has 4 heteroatoms.